The molecule has 2 aromatic heterocycles. The molecule has 1 aliphatic heterocycles. The summed E-state index contributed by atoms with van der Waals surface area (Å²) in [5, 5.41) is 7.47. The van der Waals surface area contributed by atoms with E-state index in [4.69, 9.17) is 9.15 Å². The molecule has 0 atom stereocenters. The van der Waals surface area contributed by atoms with Gasteiger partial charge in [-0.25, -0.2) is 4.68 Å². The first-order valence-electron chi connectivity index (χ1n) is 10.3. The zero-order chi connectivity index (χ0) is 22.0. The molecule has 1 N–H and O–H groups in total. The van der Waals surface area contributed by atoms with Gasteiger partial charge in [-0.05, 0) is 63.1 Å². The number of carbonyl (C=O) groups excluding carboxylic acids is 2. The molecule has 0 radical (unpaired) electrons. The number of anilines is 1. The molecule has 1 saturated heterocycles. The average Bonchev–Trinajstić information content (AvgIpc) is 3.40. The number of carbonyl (C=O) groups is 2. The highest BCUT2D eigenvalue weighted by Crippen LogP contribution is 2.23. The number of amides is 2. The maximum absolute atomic E-state index is 12.7. The van der Waals surface area contributed by atoms with Crippen molar-refractivity contribution >= 4 is 17.5 Å². The summed E-state index contributed by atoms with van der Waals surface area (Å²) in [6.07, 6.45) is 1.22. The van der Waals surface area contributed by atoms with Gasteiger partial charge in [0.25, 0.3) is 11.9 Å². The third-order valence-electron chi connectivity index (χ3n) is 5.54. The van der Waals surface area contributed by atoms with Crippen LogP contribution in [0.5, 0.6) is 5.95 Å². The Morgan fingerprint density at radius 1 is 1.10 bits per heavy atom. The lowest BCUT2D eigenvalue weighted by Gasteiger charge is -2.30. The van der Waals surface area contributed by atoms with E-state index in [0.717, 1.165) is 22.8 Å². The van der Waals surface area contributed by atoms with Crippen LogP contribution in [0.2, 0.25) is 0 Å². The molecule has 1 fully saturated rings. The summed E-state index contributed by atoms with van der Waals surface area (Å²) in [5.41, 5.74) is 3.72. The van der Waals surface area contributed by atoms with Crippen LogP contribution in [0.1, 0.15) is 34.8 Å². The third-order valence-corrected chi connectivity index (χ3v) is 5.54. The van der Waals surface area contributed by atoms with Crippen LogP contribution in [0.15, 0.2) is 46.9 Å². The first-order valence-corrected chi connectivity index (χ1v) is 10.3. The number of ether oxygens (including phenoxy) is 1. The first-order chi connectivity index (χ1) is 14.9. The Kier molecular flexibility index (Phi) is 5.79. The number of aromatic nitrogens is 2. The van der Waals surface area contributed by atoms with Crippen LogP contribution in [0, 0.1) is 19.8 Å². The number of hydrogen-bond donors (Lipinski definition) is 1. The minimum atomic E-state index is -0.179. The van der Waals surface area contributed by atoms with E-state index in [1.807, 2.05) is 48.9 Å². The van der Waals surface area contributed by atoms with Gasteiger partial charge in [0, 0.05) is 36.5 Å². The first kappa shape index (κ1) is 20.7. The Labute approximate surface area is 180 Å². The maximum Gasteiger partial charge on any atom is 0.289 e. The zero-order valence-corrected chi connectivity index (χ0v) is 17.9. The van der Waals surface area contributed by atoms with Crippen molar-refractivity contribution in [1.82, 2.24) is 14.7 Å². The number of hydrogen-bond acceptors (Lipinski definition) is 5. The number of aryl methyl sites for hydroxylation is 2. The van der Waals surface area contributed by atoms with Crippen molar-refractivity contribution in [2.45, 2.75) is 26.7 Å². The van der Waals surface area contributed by atoms with Gasteiger partial charge in [0.05, 0.1) is 18.5 Å². The molecule has 4 rings (SSSR count). The van der Waals surface area contributed by atoms with Gasteiger partial charge in [0.1, 0.15) is 0 Å². The Bertz CT molecular complexity index is 1080. The standard InChI is InChI=1S/C23H26N4O4/c1-15-14-16(2)27(25-15)19-6-4-18(5-7-19)24-22(28)17-10-12-26(13-11-17)23(29)20-8-9-21(30-3)31-20/h4-9,14,17H,10-13H2,1-3H3,(H,24,28). The average molecular weight is 422 g/mol. The Balaban J connectivity index is 1.32. The highest BCUT2D eigenvalue weighted by atomic mass is 16.6. The third kappa shape index (κ3) is 4.47. The molecule has 162 valence electrons. The minimum Gasteiger partial charge on any atom is -0.468 e. The summed E-state index contributed by atoms with van der Waals surface area (Å²) >= 11 is 0. The van der Waals surface area contributed by atoms with Crippen molar-refractivity contribution in [3.05, 3.63) is 59.6 Å². The van der Waals surface area contributed by atoms with Crippen molar-refractivity contribution in [2.24, 2.45) is 5.92 Å². The monoisotopic (exact) mass is 422 g/mol. The molecular weight excluding hydrogens is 396 g/mol. The Morgan fingerprint density at radius 3 is 2.39 bits per heavy atom. The fourth-order valence-corrected chi connectivity index (χ4v) is 3.87. The van der Waals surface area contributed by atoms with Gasteiger partial charge in [-0.15, -0.1) is 0 Å². The van der Waals surface area contributed by atoms with E-state index in [1.54, 1.807) is 17.0 Å². The SMILES string of the molecule is COc1ccc(C(=O)N2CCC(C(=O)Nc3ccc(-n4nc(C)cc4C)cc3)CC2)o1. The zero-order valence-electron chi connectivity index (χ0n) is 17.9. The van der Waals surface area contributed by atoms with E-state index in [-0.39, 0.29) is 23.5 Å². The number of methoxy groups -OCH3 is 1. The summed E-state index contributed by atoms with van der Waals surface area (Å²) in [7, 11) is 1.49. The van der Waals surface area contributed by atoms with E-state index in [2.05, 4.69) is 10.4 Å². The van der Waals surface area contributed by atoms with Crippen LogP contribution in [0.25, 0.3) is 5.69 Å². The van der Waals surface area contributed by atoms with Crippen molar-refractivity contribution in [3.8, 4) is 11.6 Å². The molecule has 8 nitrogen and oxygen atoms in total. The second kappa shape index (κ2) is 8.67. The second-order valence-corrected chi connectivity index (χ2v) is 7.76. The van der Waals surface area contributed by atoms with Gasteiger partial charge in [-0.1, -0.05) is 0 Å². The van der Waals surface area contributed by atoms with E-state index in [0.29, 0.717) is 31.9 Å². The minimum absolute atomic E-state index is 0.0226. The number of nitrogens with zero attached hydrogens (tertiary/aromatic N) is 3. The van der Waals surface area contributed by atoms with Crippen LogP contribution in [-0.2, 0) is 4.79 Å². The molecule has 0 saturated carbocycles. The molecule has 0 bridgehead atoms. The van der Waals surface area contributed by atoms with Gasteiger partial charge in [-0.2, -0.15) is 5.10 Å². The molecule has 8 heteroatoms. The predicted octanol–water partition coefficient (Wildman–Crippen LogP) is 3.58. The molecule has 31 heavy (non-hydrogen) atoms. The summed E-state index contributed by atoms with van der Waals surface area (Å²) in [6, 6.07) is 12.9. The molecule has 1 aliphatic rings. The summed E-state index contributed by atoms with van der Waals surface area (Å²) in [4.78, 5) is 27.0. The topological polar surface area (TPSA) is 89.6 Å². The molecule has 3 aromatic rings. The lowest BCUT2D eigenvalue weighted by Crippen LogP contribution is -2.41. The number of piperidine rings is 1. The predicted molar refractivity (Wildman–Crippen MR) is 116 cm³/mol. The normalized spacial score (nSPS) is 14.5. The van der Waals surface area contributed by atoms with Crippen molar-refractivity contribution in [1.29, 1.82) is 0 Å². The fourth-order valence-electron chi connectivity index (χ4n) is 3.87. The van der Waals surface area contributed by atoms with E-state index in [1.165, 1.54) is 7.11 Å². The summed E-state index contributed by atoms with van der Waals surface area (Å²) in [6.45, 7) is 4.99. The highest BCUT2D eigenvalue weighted by Gasteiger charge is 2.29. The van der Waals surface area contributed by atoms with Gasteiger partial charge >= 0.3 is 0 Å². The van der Waals surface area contributed by atoms with Crippen LogP contribution >= 0.6 is 0 Å². The molecule has 0 aliphatic carbocycles. The number of benzene rings is 1. The van der Waals surface area contributed by atoms with Gasteiger partial charge < -0.3 is 19.4 Å². The largest absolute Gasteiger partial charge is 0.468 e. The Hall–Kier alpha value is -3.55. The fraction of sp³-hybridized carbons (Fsp3) is 0.348. The lowest BCUT2D eigenvalue weighted by atomic mass is 9.95. The van der Waals surface area contributed by atoms with E-state index in [9.17, 15) is 9.59 Å². The molecule has 2 amide bonds. The molecular formula is C23H26N4O4. The number of rotatable bonds is 5. The van der Waals surface area contributed by atoms with Gasteiger partial charge in [0.15, 0.2) is 5.76 Å². The molecule has 1 aromatic carbocycles. The van der Waals surface area contributed by atoms with Crippen LogP contribution < -0.4 is 10.1 Å². The maximum atomic E-state index is 12.7. The second-order valence-electron chi connectivity index (χ2n) is 7.76. The smallest absolute Gasteiger partial charge is 0.289 e. The van der Waals surface area contributed by atoms with E-state index >= 15 is 0 Å². The molecule has 0 unspecified atom stereocenters. The van der Waals surface area contributed by atoms with Crippen LogP contribution in [0.4, 0.5) is 5.69 Å². The Morgan fingerprint density at radius 2 is 1.81 bits per heavy atom. The highest BCUT2D eigenvalue weighted by molar-refractivity contribution is 5.94. The van der Waals surface area contributed by atoms with Crippen LogP contribution in [-0.4, -0.2) is 46.7 Å². The quantitative estimate of drug-likeness (QED) is 0.679. The van der Waals surface area contributed by atoms with Gasteiger partial charge in [-0.3, -0.25) is 9.59 Å². The molecule has 3 heterocycles. The van der Waals surface area contributed by atoms with Crippen molar-refractivity contribution < 1.29 is 18.7 Å². The van der Waals surface area contributed by atoms with Crippen molar-refractivity contribution in [2.75, 3.05) is 25.5 Å². The lowest BCUT2D eigenvalue weighted by molar-refractivity contribution is -0.121. The number of nitrogens with one attached hydrogen (secondary N) is 1. The summed E-state index contributed by atoms with van der Waals surface area (Å²) < 4.78 is 12.2. The number of likely N-dealkylation sites (tertiary alicyclic amines) is 1. The van der Waals surface area contributed by atoms with Gasteiger partial charge in [0.2, 0.25) is 5.91 Å². The summed E-state index contributed by atoms with van der Waals surface area (Å²) in [5.74, 6) is 0.224. The molecule has 0 spiro atoms. The van der Waals surface area contributed by atoms with Crippen molar-refractivity contribution in [3.63, 3.8) is 0 Å². The van der Waals surface area contributed by atoms with Crippen LogP contribution in [0.3, 0.4) is 0 Å². The van der Waals surface area contributed by atoms with E-state index < -0.39 is 0 Å². The number of furan rings is 1.